The first kappa shape index (κ1) is 17.1. The summed E-state index contributed by atoms with van der Waals surface area (Å²) in [7, 11) is 1.70. The van der Waals surface area contributed by atoms with Crippen LogP contribution in [0.4, 0.5) is 16.2 Å². The summed E-state index contributed by atoms with van der Waals surface area (Å²) in [4.78, 5) is 23.4. The van der Waals surface area contributed by atoms with Gasteiger partial charge in [0.15, 0.2) is 0 Å². The molecule has 3 aromatic rings. The zero-order valence-corrected chi connectivity index (χ0v) is 15.3. The van der Waals surface area contributed by atoms with Crippen LogP contribution in [0.15, 0.2) is 41.3 Å². The normalized spacial score (nSPS) is 12.9. The van der Waals surface area contributed by atoms with Gasteiger partial charge in [0.05, 0.1) is 18.6 Å². The van der Waals surface area contributed by atoms with E-state index >= 15 is 0 Å². The van der Waals surface area contributed by atoms with Crippen molar-refractivity contribution in [3.8, 4) is 0 Å². The Balaban J connectivity index is 1.45. The van der Waals surface area contributed by atoms with E-state index in [-0.39, 0.29) is 6.61 Å². The van der Waals surface area contributed by atoms with E-state index in [1.165, 1.54) is 10.5 Å². The second-order valence-electron chi connectivity index (χ2n) is 6.60. The molecular weight excluding hydrogens is 346 g/mol. The Morgan fingerprint density at radius 3 is 3.04 bits per heavy atom. The maximum absolute atomic E-state index is 12.4. The van der Waals surface area contributed by atoms with Gasteiger partial charge < -0.3 is 19.1 Å². The SMILES string of the molecule is Cc1cc(COC(=O)N(C)c2ccc3c(c2)N(Cc2cnc[nH]2)CC3)no1. The topological polar surface area (TPSA) is 87.5 Å². The maximum atomic E-state index is 12.4. The highest BCUT2D eigenvalue weighted by molar-refractivity contribution is 5.88. The van der Waals surface area contributed by atoms with Gasteiger partial charge in [0.1, 0.15) is 18.1 Å². The molecule has 27 heavy (non-hydrogen) atoms. The van der Waals surface area contributed by atoms with Crippen LogP contribution in [0.1, 0.15) is 22.7 Å². The van der Waals surface area contributed by atoms with Gasteiger partial charge in [0.2, 0.25) is 0 Å². The largest absolute Gasteiger partial charge is 0.443 e. The molecule has 8 heteroatoms. The molecular formula is C19H21N5O3. The summed E-state index contributed by atoms with van der Waals surface area (Å²) >= 11 is 0. The molecule has 0 spiro atoms. The number of H-pyrrole nitrogens is 1. The van der Waals surface area contributed by atoms with Crippen molar-refractivity contribution in [2.45, 2.75) is 26.5 Å². The highest BCUT2D eigenvalue weighted by Gasteiger charge is 2.22. The molecule has 3 heterocycles. The van der Waals surface area contributed by atoms with Gasteiger partial charge >= 0.3 is 6.09 Å². The van der Waals surface area contributed by atoms with E-state index in [0.29, 0.717) is 11.5 Å². The number of benzene rings is 1. The zero-order chi connectivity index (χ0) is 18.8. The molecule has 0 saturated carbocycles. The number of aromatic amines is 1. The zero-order valence-electron chi connectivity index (χ0n) is 15.3. The first-order valence-electron chi connectivity index (χ1n) is 8.78. The minimum atomic E-state index is -0.436. The Labute approximate surface area is 156 Å². The first-order valence-corrected chi connectivity index (χ1v) is 8.78. The number of anilines is 2. The minimum absolute atomic E-state index is 0.0808. The summed E-state index contributed by atoms with van der Waals surface area (Å²) in [5.74, 6) is 0.686. The van der Waals surface area contributed by atoms with E-state index in [0.717, 1.165) is 36.6 Å². The lowest BCUT2D eigenvalue weighted by Gasteiger charge is -2.22. The predicted molar refractivity (Wildman–Crippen MR) is 99.6 cm³/mol. The van der Waals surface area contributed by atoms with Crippen molar-refractivity contribution in [2.24, 2.45) is 0 Å². The van der Waals surface area contributed by atoms with Crippen LogP contribution in [-0.2, 0) is 24.3 Å². The molecule has 0 radical (unpaired) electrons. The Kier molecular flexibility index (Phi) is 4.53. The molecule has 0 bridgehead atoms. The van der Waals surface area contributed by atoms with Crippen molar-refractivity contribution in [3.63, 3.8) is 0 Å². The Hall–Kier alpha value is -3.29. The molecule has 1 N–H and O–H groups in total. The van der Waals surface area contributed by atoms with Gasteiger partial charge in [-0.25, -0.2) is 9.78 Å². The van der Waals surface area contributed by atoms with Crippen molar-refractivity contribution < 1.29 is 14.1 Å². The molecule has 1 aliphatic heterocycles. The summed E-state index contributed by atoms with van der Waals surface area (Å²) in [5.41, 5.74) is 4.84. The Morgan fingerprint density at radius 2 is 2.30 bits per heavy atom. The molecule has 1 amide bonds. The summed E-state index contributed by atoms with van der Waals surface area (Å²) in [6.45, 7) is 3.58. The average molecular weight is 367 g/mol. The van der Waals surface area contributed by atoms with Crippen LogP contribution in [0.3, 0.4) is 0 Å². The van der Waals surface area contributed by atoms with Gasteiger partial charge in [-0.3, -0.25) is 4.90 Å². The Morgan fingerprint density at radius 1 is 1.41 bits per heavy atom. The van der Waals surface area contributed by atoms with Gasteiger partial charge in [-0.15, -0.1) is 0 Å². The monoisotopic (exact) mass is 367 g/mol. The molecule has 1 aliphatic rings. The lowest BCUT2D eigenvalue weighted by molar-refractivity contribution is 0.145. The second-order valence-corrected chi connectivity index (χ2v) is 6.60. The quantitative estimate of drug-likeness (QED) is 0.746. The molecule has 0 aliphatic carbocycles. The number of fused-ring (bicyclic) bond motifs is 1. The number of hydrogen-bond donors (Lipinski definition) is 1. The summed E-state index contributed by atoms with van der Waals surface area (Å²) < 4.78 is 10.3. The van der Waals surface area contributed by atoms with Crippen LogP contribution in [0.5, 0.6) is 0 Å². The first-order chi connectivity index (χ1) is 13.1. The van der Waals surface area contributed by atoms with E-state index in [2.05, 4.69) is 26.1 Å². The number of hydrogen-bond acceptors (Lipinski definition) is 6. The second kappa shape index (κ2) is 7.14. The van der Waals surface area contributed by atoms with Gasteiger partial charge in [0.25, 0.3) is 0 Å². The molecule has 0 saturated heterocycles. The third-order valence-electron chi connectivity index (χ3n) is 4.66. The molecule has 2 aromatic heterocycles. The van der Waals surface area contributed by atoms with Crippen molar-refractivity contribution in [2.75, 3.05) is 23.4 Å². The van der Waals surface area contributed by atoms with Gasteiger partial charge in [-0.05, 0) is 31.0 Å². The fourth-order valence-corrected chi connectivity index (χ4v) is 3.21. The molecule has 0 unspecified atom stereocenters. The number of aryl methyl sites for hydroxylation is 1. The highest BCUT2D eigenvalue weighted by Crippen LogP contribution is 2.33. The maximum Gasteiger partial charge on any atom is 0.414 e. The van der Waals surface area contributed by atoms with E-state index < -0.39 is 6.09 Å². The molecule has 4 rings (SSSR count). The van der Waals surface area contributed by atoms with E-state index in [1.807, 2.05) is 18.3 Å². The van der Waals surface area contributed by atoms with Crippen LogP contribution < -0.4 is 9.80 Å². The van der Waals surface area contributed by atoms with Gasteiger partial charge in [-0.2, -0.15) is 0 Å². The molecule has 1 aromatic carbocycles. The van der Waals surface area contributed by atoms with Crippen molar-refractivity contribution >= 4 is 17.5 Å². The van der Waals surface area contributed by atoms with E-state index in [1.54, 1.807) is 26.4 Å². The summed E-state index contributed by atoms with van der Waals surface area (Å²) in [6.07, 6.45) is 4.07. The molecule has 8 nitrogen and oxygen atoms in total. The fourth-order valence-electron chi connectivity index (χ4n) is 3.21. The predicted octanol–water partition coefficient (Wildman–Crippen LogP) is 3.04. The number of nitrogens with one attached hydrogen (secondary N) is 1. The number of nitrogens with zero attached hydrogens (tertiary/aromatic N) is 4. The average Bonchev–Trinajstić information content (AvgIpc) is 3.41. The number of aromatic nitrogens is 3. The third kappa shape index (κ3) is 3.64. The van der Waals surface area contributed by atoms with Crippen molar-refractivity contribution in [1.82, 2.24) is 15.1 Å². The van der Waals surface area contributed by atoms with Crippen LogP contribution >= 0.6 is 0 Å². The van der Waals surface area contributed by atoms with Crippen LogP contribution in [0, 0.1) is 6.92 Å². The number of ether oxygens (including phenoxy) is 1. The highest BCUT2D eigenvalue weighted by atomic mass is 16.6. The van der Waals surface area contributed by atoms with Gasteiger partial charge in [-0.1, -0.05) is 11.2 Å². The number of amides is 1. The van der Waals surface area contributed by atoms with Crippen molar-refractivity contribution in [3.05, 3.63) is 59.5 Å². The minimum Gasteiger partial charge on any atom is -0.443 e. The number of rotatable bonds is 5. The third-order valence-corrected chi connectivity index (χ3v) is 4.66. The summed E-state index contributed by atoms with van der Waals surface area (Å²) in [5, 5.41) is 3.83. The lowest BCUT2D eigenvalue weighted by atomic mass is 10.1. The van der Waals surface area contributed by atoms with E-state index in [4.69, 9.17) is 9.26 Å². The molecule has 0 fully saturated rings. The summed E-state index contributed by atoms with van der Waals surface area (Å²) in [6, 6.07) is 7.79. The van der Waals surface area contributed by atoms with Crippen LogP contribution in [0.25, 0.3) is 0 Å². The smallest absolute Gasteiger partial charge is 0.414 e. The fraction of sp³-hybridized carbons (Fsp3) is 0.316. The van der Waals surface area contributed by atoms with E-state index in [9.17, 15) is 4.79 Å². The van der Waals surface area contributed by atoms with Crippen molar-refractivity contribution in [1.29, 1.82) is 0 Å². The standard InChI is InChI=1S/C19H21N5O3/c1-13-7-15(22-27-13)11-26-19(25)23(2)17-4-3-14-5-6-24(18(14)8-17)10-16-9-20-12-21-16/h3-4,7-9,12H,5-6,10-11H2,1-2H3,(H,20,21). The van der Waals surface area contributed by atoms with Crippen LogP contribution in [-0.4, -0.2) is 34.8 Å². The Bertz CT molecular complexity index is 935. The number of carbonyl (C=O) groups is 1. The number of carbonyl (C=O) groups excluding carboxylic acids is 1. The van der Waals surface area contributed by atoms with Gasteiger partial charge in [0, 0.05) is 37.2 Å². The molecule has 140 valence electrons. The molecule has 0 atom stereocenters. The number of imidazole rings is 1. The lowest BCUT2D eigenvalue weighted by Crippen LogP contribution is -2.27. The van der Waals surface area contributed by atoms with Crippen LogP contribution in [0.2, 0.25) is 0 Å².